The van der Waals surface area contributed by atoms with Crippen LogP contribution in [0.1, 0.15) is 44.9 Å². The molecule has 0 aliphatic heterocycles. The van der Waals surface area contributed by atoms with E-state index in [1.54, 1.807) is 30.3 Å². The number of amides is 1. The molecule has 204 valence electrons. The third-order valence-electron chi connectivity index (χ3n) is 5.60. The van der Waals surface area contributed by atoms with E-state index in [2.05, 4.69) is 11.4 Å². The molecule has 0 aliphatic carbocycles. The van der Waals surface area contributed by atoms with E-state index in [-0.39, 0.29) is 35.8 Å². The van der Waals surface area contributed by atoms with Crippen LogP contribution in [0, 0.1) is 13.8 Å². The van der Waals surface area contributed by atoms with E-state index >= 15 is 0 Å². The van der Waals surface area contributed by atoms with Gasteiger partial charge in [-0.25, -0.2) is 4.79 Å². The summed E-state index contributed by atoms with van der Waals surface area (Å²) >= 11 is 0. The van der Waals surface area contributed by atoms with Crippen molar-refractivity contribution in [1.82, 2.24) is 0 Å². The van der Waals surface area contributed by atoms with Gasteiger partial charge in [0.25, 0.3) is 0 Å². The zero-order valence-electron chi connectivity index (χ0n) is 22.0. The second-order valence-corrected chi connectivity index (χ2v) is 8.97. The average Bonchev–Trinajstić information content (AvgIpc) is 3.47. The van der Waals surface area contributed by atoms with Crippen LogP contribution in [0.25, 0.3) is 0 Å². The molecular weight excluding hydrogens is 514 g/mol. The van der Waals surface area contributed by atoms with Crippen LogP contribution < -0.4 is 14.8 Å². The molecule has 9 nitrogen and oxygen atoms in total. The molecule has 0 bridgehead atoms. The van der Waals surface area contributed by atoms with Crippen molar-refractivity contribution in [3.8, 4) is 17.2 Å². The molecule has 1 heterocycles. The minimum absolute atomic E-state index is 0.0530. The Bertz CT molecular complexity index is 1470. The maximum Gasteiger partial charge on any atom is 0.379 e. The molecule has 0 saturated heterocycles. The van der Waals surface area contributed by atoms with E-state index in [1.165, 1.54) is 36.6 Å². The van der Waals surface area contributed by atoms with E-state index < -0.39 is 24.3 Å². The Morgan fingerprint density at radius 2 is 1.45 bits per heavy atom. The summed E-state index contributed by atoms with van der Waals surface area (Å²) in [6.45, 7) is 3.52. The first-order valence-corrected chi connectivity index (χ1v) is 12.5. The summed E-state index contributed by atoms with van der Waals surface area (Å²) in [5.74, 6) is -0.515. The number of furan rings is 1. The Hall–Kier alpha value is -5.18. The van der Waals surface area contributed by atoms with Gasteiger partial charge in [0.2, 0.25) is 11.7 Å². The van der Waals surface area contributed by atoms with Gasteiger partial charge in [-0.05, 0) is 97.8 Å². The van der Waals surface area contributed by atoms with Gasteiger partial charge >= 0.3 is 11.9 Å². The smallest absolute Gasteiger partial charge is 0.379 e. The number of ether oxygens (including phenoxy) is 3. The highest BCUT2D eigenvalue weighted by molar-refractivity contribution is 5.98. The van der Waals surface area contributed by atoms with Crippen LogP contribution in [0.4, 0.5) is 5.69 Å². The van der Waals surface area contributed by atoms with Gasteiger partial charge in [0, 0.05) is 17.7 Å². The van der Waals surface area contributed by atoms with Gasteiger partial charge in [0.15, 0.2) is 12.4 Å². The molecule has 9 heteroatoms. The molecule has 1 N–H and O–H groups in total. The number of ketones is 1. The third-order valence-corrected chi connectivity index (χ3v) is 5.60. The maximum absolute atomic E-state index is 12.3. The first-order valence-electron chi connectivity index (χ1n) is 12.5. The Kier molecular flexibility index (Phi) is 9.09. The van der Waals surface area contributed by atoms with Crippen LogP contribution in [0.3, 0.4) is 0 Å². The van der Waals surface area contributed by atoms with Crippen LogP contribution in [-0.2, 0) is 14.3 Å². The monoisotopic (exact) mass is 541 g/mol. The number of anilines is 1. The predicted octanol–water partition coefficient (Wildman–Crippen LogP) is 6.05. The quantitative estimate of drug-likeness (QED) is 0.138. The van der Waals surface area contributed by atoms with E-state index in [0.717, 1.165) is 16.9 Å². The normalized spacial score (nSPS) is 10.4. The lowest BCUT2D eigenvalue weighted by atomic mass is 10.1. The molecule has 4 rings (SSSR count). The Morgan fingerprint density at radius 1 is 0.775 bits per heavy atom. The number of carbonyl (C=O) groups excluding carboxylic acids is 4. The number of hydrogen-bond donors (Lipinski definition) is 1. The SMILES string of the molecule is Cc1cc(C)cc(Oc2ccc(NC(=O)CCC(=O)OCC(=O)c3ccc(OC(=O)c4ccco4)cc3)cc2)c1. The van der Waals surface area contributed by atoms with Crippen molar-refractivity contribution < 1.29 is 37.8 Å². The van der Waals surface area contributed by atoms with Crippen molar-refractivity contribution in [2.24, 2.45) is 0 Å². The van der Waals surface area contributed by atoms with Crippen molar-refractivity contribution in [2.45, 2.75) is 26.7 Å². The number of esters is 2. The lowest BCUT2D eigenvalue weighted by molar-refractivity contribution is -0.143. The number of Topliss-reactive ketones (excluding diaryl/α,β-unsaturated/α-hetero) is 1. The fourth-order valence-electron chi connectivity index (χ4n) is 3.74. The standard InChI is InChI=1S/C31H27NO8/c1-20-16-21(2)18-26(17-20)39-24-11-7-23(8-12-24)32-29(34)13-14-30(35)38-19-27(33)22-5-9-25(10-6-22)40-31(36)28-4-3-15-37-28/h3-12,15-18H,13-14,19H2,1-2H3,(H,32,34). The number of benzene rings is 3. The summed E-state index contributed by atoms with van der Waals surface area (Å²) in [6.07, 6.45) is 1.06. The van der Waals surface area contributed by atoms with Crippen LogP contribution in [-0.4, -0.2) is 30.2 Å². The Labute approximate surface area is 230 Å². The predicted molar refractivity (Wildman–Crippen MR) is 146 cm³/mol. The molecular formula is C31H27NO8. The molecule has 3 aromatic carbocycles. The van der Waals surface area contributed by atoms with E-state index in [4.69, 9.17) is 18.6 Å². The second-order valence-electron chi connectivity index (χ2n) is 8.97. The van der Waals surface area contributed by atoms with Crippen LogP contribution >= 0.6 is 0 Å². The zero-order chi connectivity index (χ0) is 28.5. The van der Waals surface area contributed by atoms with Crippen LogP contribution in [0.5, 0.6) is 17.2 Å². The molecule has 0 saturated carbocycles. The van der Waals surface area contributed by atoms with Crippen molar-refractivity contribution in [3.63, 3.8) is 0 Å². The van der Waals surface area contributed by atoms with Crippen molar-refractivity contribution in [1.29, 1.82) is 0 Å². The first-order chi connectivity index (χ1) is 19.2. The summed E-state index contributed by atoms with van der Waals surface area (Å²) in [7, 11) is 0. The topological polar surface area (TPSA) is 121 Å². The lowest BCUT2D eigenvalue weighted by Gasteiger charge is -2.09. The number of carbonyl (C=O) groups is 4. The minimum Gasteiger partial charge on any atom is -0.457 e. The van der Waals surface area contributed by atoms with Gasteiger partial charge in [-0.2, -0.15) is 0 Å². The summed E-state index contributed by atoms with van der Waals surface area (Å²) in [4.78, 5) is 48.5. The number of nitrogens with one attached hydrogen (secondary N) is 1. The van der Waals surface area contributed by atoms with E-state index in [9.17, 15) is 19.2 Å². The number of hydrogen-bond acceptors (Lipinski definition) is 8. The van der Waals surface area contributed by atoms with Gasteiger partial charge in [-0.15, -0.1) is 0 Å². The van der Waals surface area contributed by atoms with E-state index in [0.29, 0.717) is 11.4 Å². The Balaban J connectivity index is 1.16. The molecule has 1 aromatic heterocycles. The van der Waals surface area contributed by atoms with Gasteiger partial charge in [-0.1, -0.05) is 6.07 Å². The van der Waals surface area contributed by atoms with Gasteiger partial charge in [-0.3, -0.25) is 14.4 Å². The Morgan fingerprint density at radius 3 is 2.10 bits per heavy atom. The van der Waals surface area contributed by atoms with Gasteiger partial charge in [0.05, 0.1) is 12.7 Å². The minimum atomic E-state index is -0.676. The van der Waals surface area contributed by atoms with E-state index in [1.807, 2.05) is 26.0 Å². The molecule has 0 unspecified atom stereocenters. The fraction of sp³-hybridized carbons (Fsp3) is 0.161. The highest BCUT2D eigenvalue weighted by atomic mass is 16.5. The molecule has 0 atom stereocenters. The molecule has 0 fully saturated rings. The van der Waals surface area contributed by atoms with Gasteiger partial charge in [0.1, 0.15) is 17.2 Å². The molecule has 0 radical (unpaired) electrons. The van der Waals surface area contributed by atoms with Crippen LogP contribution in [0.15, 0.2) is 89.5 Å². The lowest BCUT2D eigenvalue weighted by Crippen LogP contribution is -2.17. The zero-order valence-corrected chi connectivity index (χ0v) is 22.0. The largest absolute Gasteiger partial charge is 0.457 e. The molecule has 40 heavy (non-hydrogen) atoms. The molecule has 0 aliphatic rings. The summed E-state index contributed by atoms with van der Waals surface area (Å²) < 4.78 is 21.0. The molecule has 1 amide bonds. The van der Waals surface area contributed by atoms with Crippen molar-refractivity contribution in [3.05, 3.63) is 108 Å². The first kappa shape index (κ1) is 27.8. The van der Waals surface area contributed by atoms with Crippen molar-refractivity contribution >= 4 is 29.3 Å². The van der Waals surface area contributed by atoms with Crippen molar-refractivity contribution in [2.75, 3.05) is 11.9 Å². The maximum atomic E-state index is 12.3. The second kappa shape index (κ2) is 13.1. The third kappa shape index (κ3) is 8.16. The molecule has 4 aromatic rings. The number of rotatable bonds is 11. The van der Waals surface area contributed by atoms with Gasteiger partial charge < -0.3 is 23.9 Å². The highest BCUT2D eigenvalue weighted by Gasteiger charge is 2.14. The summed E-state index contributed by atoms with van der Waals surface area (Å²) in [6, 6.07) is 21.7. The number of aryl methyl sites for hydroxylation is 2. The molecule has 0 spiro atoms. The summed E-state index contributed by atoms with van der Waals surface area (Å²) in [5.41, 5.74) is 3.03. The fourth-order valence-corrected chi connectivity index (χ4v) is 3.74. The van der Waals surface area contributed by atoms with Crippen LogP contribution in [0.2, 0.25) is 0 Å². The average molecular weight is 542 g/mol. The summed E-state index contributed by atoms with van der Waals surface area (Å²) in [5, 5.41) is 2.71. The highest BCUT2D eigenvalue weighted by Crippen LogP contribution is 2.25.